The lowest BCUT2D eigenvalue weighted by atomic mass is 10.1. The Labute approximate surface area is 107 Å². The summed E-state index contributed by atoms with van der Waals surface area (Å²) < 4.78 is 7.62. The summed E-state index contributed by atoms with van der Waals surface area (Å²) in [5.41, 5.74) is 6.06. The number of ether oxygens (including phenoxy) is 1. The van der Waals surface area contributed by atoms with Crippen LogP contribution in [0, 0.1) is 0 Å². The molecule has 1 unspecified atom stereocenters. The van der Waals surface area contributed by atoms with Crippen LogP contribution in [0.4, 0.5) is 0 Å². The van der Waals surface area contributed by atoms with Crippen molar-refractivity contribution in [2.45, 2.75) is 18.9 Å². The van der Waals surface area contributed by atoms with Crippen molar-refractivity contribution in [1.29, 1.82) is 0 Å². The average Bonchev–Trinajstić information content (AvgIpc) is 2.76. The Balaban J connectivity index is 1.72. The molecule has 0 aliphatic heterocycles. The molecule has 0 amide bonds. The average molecular weight is 245 g/mol. The van der Waals surface area contributed by atoms with E-state index in [-0.39, 0.29) is 6.04 Å². The predicted octanol–water partition coefficient (Wildman–Crippen LogP) is 1.76. The number of nitrogens with two attached hydrogens (primary N) is 1. The van der Waals surface area contributed by atoms with Crippen molar-refractivity contribution in [2.24, 2.45) is 12.8 Å². The van der Waals surface area contributed by atoms with E-state index in [9.17, 15) is 0 Å². The first-order valence-electron chi connectivity index (χ1n) is 6.15. The third kappa shape index (κ3) is 3.60. The highest BCUT2D eigenvalue weighted by Crippen LogP contribution is 2.09. The fourth-order valence-electron chi connectivity index (χ4n) is 1.77. The number of benzene rings is 1. The van der Waals surface area contributed by atoms with Gasteiger partial charge in [0, 0.05) is 31.9 Å². The van der Waals surface area contributed by atoms with E-state index in [2.05, 4.69) is 4.98 Å². The second kappa shape index (κ2) is 6.21. The Bertz CT molecular complexity index is 467. The van der Waals surface area contributed by atoms with E-state index in [0.717, 1.165) is 24.4 Å². The molecule has 0 aliphatic rings. The quantitative estimate of drug-likeness (QED) is 0.843. The molecule has 0 saturated heterocycles. The SMILES string of the molecule is Cn1ccnc1CC(N)CCOc1ccccc1. The second-order valence-corrected chi connectivity index (χ2v) is 4.37. The van der Waals surface area contributed by atoms with Gasteiger partial charge in [-0.3, -0.25) is 0 Å². The Morgan fingerprint density at radius 1 is 1.33 bits per heavy atom. The fraction of sp³-hybridized carbons (Fsp3) is 0.357. The van der Waals surface area contributed by atoms with Crippen molar-refractivity contribution < 1.29 is 4.74 Å². The zero-order chi connectivity index (χ0) is 12.8. The highest BCUT2D eigenvalue weighted by Gasteiger charge is 2.07. The summed E-state index contributed by atoms with van der Waals surface area (Å²) in [5.74, 6) is 1.91. The molecule has 2 rings (SSSR count). The maximum absolute atomic E-state index is 6.06. The highest BCUT2D eigenvalue weighted by molar-refractivity contribution is 5.20. The molecule has 0 saturated carbocycles. The monoisotopic (exact) mass is 245 g/mol. The first kappa shape index (κ1) is 12.6. The molecule has 0 aliphatic carbocycles. The summed E-state index contributed by atoms with van der Waals surface area (Å²) in [6, 6.07) is 9.87. The summed E-state index contributed by atoms with van der Waals surface area (Å²) in [5, 5.41) is 0. The minimum Gasteiger partial charge on any atom is -0.494 e. The van der Waals surface area contributed by atoms with Crippen molar-refractivity contribution in [3.05, 3.63) is 48.5 Å². The van der Waals surface area contributed by atoms with E-state index < -0.39 is 0 Å². The third-order valence-electron chi connectivity index (χ3n) is 2.87. The van der Waals surface area contributed by atoms with Crippen molar-refractivity contribution >= 4 is 0 Å². The van der Waals surface area contributed by atoms with Crippen molar-refractivity contribution in [3.63, 3.8) is 0 Å². The topological polar surface area (TPSA) is 53.1 Å². The van der Waals surface area contributed by atoms with Crippen LogP contribution in [0.25, 0.3) is 0 Å². The van der Waals surface area contributed by atoms with Crippen LogP contribution in [-0.2, 0) is 13.5 Å². The molecule has 0 spiro atoms. The van der Waals surface area contributed by atoms with E-state index in [1.165, 1.54) is 0 Å². The van der Waals surface area contributed by atoms with Gasteiger partial charge >= 0.3 is 0 Å². The van der Waals surface area contributed by atoms with Gasteiger partial charge in [-0.2, -0.15) is 0 Å². The molecule has 0 fully saturated rings. The smallest absolute Gasteiger partial charge is 0.119 e. The number of para-hydroxylation sites is 1. The van der Waals surface area contributed by atoms with Crippen LogP contribution in [-0.4, -0.2) is 22.2 Å². The molecular weight excluding hydrogens is 226 g/mol. The standard InChI is InChI=1S/C14H19N3O/c1-17-9-8-16-14(17)11-12(15)7-10-18-13-5-3-2-4-6-13/h2-6,8-9,12H,7,10-11,15H2,1H3. The van der Waals surface area contributed by atoms with Gasteiger partial charge in [0.1, 0.15) is 11.6 Å². The van der Waals surface area contributed by atoms with Crippen LogP contribution < -0.4 is 10.5 Å². The predicted molar refractivity (Wildman–Crippen MR) is 71.4 cm³/mol. The first-order chi connectivity index (χ1) is 8.75. The molecule has 4 nitrogen and oxygen atoms in total. The zero-order valence-electron chi connectivity index (χ0n) is 10.6. The molecule has 1 atom stereocenters. The fourth-order valence-corrected chi connectivity index (χ4v) is 1.77. The maximum Gasteiger partial charge on any atom is 0.119 e. The Hall–Kier alpha value is -1.81. The van der Waals surface area contributed by atoms with Crippen LogP contribution in [0.2, 0.25) is 0 Å². The van der Waals surface area contributed by atoms with Gasteiger partial charge in [-0.15, -0.1) is 0 Å². The third-order valence-corrected chi connectivity index (χ3v) is 2.87. The Kier molecular flexibility index (Phi) is 4.36. The number of rotatable bonds is 6. The van der Waals surface area contributed by atoms with Gasteiger partial charge in [-0.05, 0) is 18.6 Å². The number of aryl methyl sites for hydroxylation is 1. The minimum atomic E-state index is 0.0785. The van der Waals surface area contributed by atoms with E-state index >= 15 is 0 Å². The van der Waals surface area contributed by atoms with E-state index in [0.29, 0.717) is 6.61 Å². The number of hydrogen-bond acceptors (Lipinski definition) is 3. The molecule has 18 heavy (non-hydrogen) atoms. The van der Waals surface area contributed by atoms with Gasteiger partial charge < -0.3 is 15.0 Å². The highest BCUT2D eigenvalue weighted by atomic mass is 16.5. The molecular formula is C14H19N3O. The second-order valence-electron chi connectivity index (χ2n) is 4.37. The van der Waals surface area contributed by atoms with Gasteiger partial charge in [0.15, 0.2) is 0 Å². The minimum absolute atomic E-state index is 0.0785. The van der Waals surface area contributed by atoms with Gasteiger partial charge in [0.05, 0.1) is 6.61 Å². The lowest BCUT2D eigenvalue weighted by molar-refractivity contribution is 0.296. The maximum atomic E-state index is 6.06. The van der Waals surface area contributed by atoms with Crippen LogP contribution in [0.15, 0.2) is 42.7 Å². The van der Waals surface area contributed by atoms with E-state index in [4.69, 9.17) is 10.5 Å². The molecule has 1 aromatic heterocycles. The first-order valence-corrected chi connectivity index (χ1v) is 6.15. The van der Waals surface area contributed by atoms with Crippen molar-refractivity contribution in [1.82, 2.24) is 9.55 Å². The van der Waals surface area contributed by atoms with Gasteiger partial charge in [0.2, 0.25) is 0 Å². The molecule has 4 heteroatoms. The zero-order valence-corrected chi connectivity index (χ0v) is 10.6. The Morgan fingerprint density at radius 3 is 2.78 bits per heavy atom. The number of hydrogen-bond donors (Lipinski definition) is 1. The summed E-state index contributed by atoms with van der Waals surface area (Å²) >= 11 is 0. The van der Waals surface area contributed by atoms with Crippen LogP contribution in [0.1, 0.15) is 12.2 Å². The molecule has 96 valence electrons. The van der Waals surface area contributed by atoms with Crippen LogP contribution in [0.3, 0.4) is 0 Å². The summed E-state index contributed by atoms with van der Waals surface area (Å²) in [7, 11) is 1.98. The van der Waals surface area contributed by atoms with Gasteiger partial charge in [0.25, 0.3) is 0 Å². The molecule has 2 N–H and O–H groups in total. The largest absolute Gasteiger partial charge is 0.494 e. The van der Waals surface area contributed by atoms with Crippen molar-refractivity contribution in [2.75, 3.05) is 6.61 Å². The summed E-state index contributed by atoms with van der Waals surface area (Å²) in [6.07, 6.45) is 5.33. The number of nitrogens with zero attached hydrogens (tertiary/aromatic N) is 2. The van der Waals surface area contributed by atoms with Crippen LogP contribution in [0.5, 0.6) is 5.75 Å². The molecule has 0 bridgehead atoms. The van der Waals surface area contributed by atoms with Crippen LogP contribution >= 0.6 is 0 Å². The number of imidazole rings is 1. The molecule has 2 aromatic rings. The lowest BCUT2D eigenvalue weighted by Gasteiger charge is -2.12. The van der Waals surface area contributed by atoms with Gasteiger partial charge in [-0.25, -0.2) is 4.98 Å². The molecule has 1 aromatic carbocycles. The number of aromatic nitrogens is 2. The summed E-state index contributed by atoms with van der Waals surface area (Å²) in [6.45, 7) is 0.635. The molecule has 1 heterocycles. The summed E-state index contributed by atoms with van der Waals surface area (Å²) in [4.78, 5) is 4.26. The lowest BCUT2D eigenvalue weighted by Crippen LogP contribution is -2.26. The van der Waals surface area contributed by atoms with E-state index in [1.807, 2.05) is 48.1 Å². The van der Waals surface area contributed by atoms with Crippen molar-refractivity contribution in [3.8, 4) is 5.75 Å². The Morgan fingerprint density at radius 2 is 2.11 bits per heavy atom. The van der Waals surface area contributed by atoms with E-state index in [1.54, 1.807) is 6.20 Å². The normalized spacial score (nSPS) is 12.3. The van der Waals surface area contributed by atoms with Gasteiger partial charge in [-0.1, -0.05) is 18.2 Å². The molecule has 0 radical (unpaired) electrons.